The molecule has 0 saturated carbocycles. The van der Waals surface area contributed by atoms with Crippen LogP contribution >= 0.6 is 0 Å². The molecule has 0 saturated heterocycles. The van der Waals surface area contributed by atoms with E-state index in [2.05, 4.69) is 19.1 Å². The highest BCUT2D eigenvalue weighted by Crippen LogP contribution is 2.10. The molecule has 140 valence electrons. The zero-order valence-corrected chi connectivity index (χ0v) is 15.9. The summed E-state index contributed by atoms with van der Waals surface area (Å²) in [6, 6.07) is 0. The Morgan fingerprint density at radius 2 is 1.29 bits per heavy atom. The van der Waals surface area contributed by atoms with Crippen molar-refractivity contribution in [3.63, 3.8) is 0 Å². The van der Waals surface area contributed by atoms with Gasteiger partial charge in [-0.1, -0.05) is 70.4 Å². The largest absolute Gasteiger partial charge is 0.396 e. The van der Waals surface area contributed by atoms with Crippen LogP contribution in [0, 0.1) is 0 Å². The number of carbonyl (C=O) groups excluding carboxylic acids is 1. The van der Waals surface area contributed by atoms with Crippen molar-refractivity contribution in [1.82, 2.24) is 0 Å². The molecule has 0 rings (SSSR count). The Morgan fingerprint density at radius 1 is 0.792 bits per heavy atom. The van der Waals surface area contributed by atoms with Crippen LogP contribution < -0.4 is 11.5 Å². The first-order valence-electron chi connectivity index (χ1n) is 10.1. The highest BCUT2D eigenvalue weighted by molar-refractivity contribution is 5.94. The Labute approximate surface area is 150 Å². The number of hydrogen-bond donors (Lipinski definition) is 2. The molecule has 0 aromatic rings. The van der Waals surface area contributed by atoms with Crippen molar-refractivity contribution < 1.29 is 4.79 Å². The first-order valence-corrected chi connectivity index (χ1v) is 10.1. The number of rotatable bonds is 17. The predicted octanol–water partition coefficient (Wildman–Crippen LogP) is 5.39. The van der Waals surface area contributed by atoms with E-state index in [4.69, 9.17) is 11.5 Å². The molecule has 3 heteroatoms. The molecular weight excluding hydrogens is 296 g/mol. The second-order valence-corrected chi connectivity index (χ2v) is 6.65. The zero-order chi connectivity index (χ0) is 17.9. The van der Waals surface area contributed by atoms with Crippen LogP contribution in [0.25, 0.3) is 0 Å². The van der Waals surface area contributed by atoms with Gasteiger partial charge in [-0.2, -0.15) is 0 Å². The van der Waals surface area contributed by atoms with E-state index in [1.807, 2.05) is 0 Å². The van der Waals surface area contributed by atoms with Gasteiger partial charge in [-0.15, -0.1) is 0 Å². The molecule has 24 heavy (non-hydrogen) atoms. The average Bonchev–Trinajstić information content (AvgIpc) is 2.58. The quantitative estimate of drug-likeness (QED) is 0.212. The van der Waals surface area contributed by atoms with E-state index in [9.17, 15) is 4.79 Å². The lowest BCUT2D eigenvalue weighted by Crippen LogP contribution is -2.13. The molecular formula is C21H40N2O. The maximum absolute atomic E-state index is 11.6. The Morgan fingerprint density at radius 3 is 1.83 bits per heavy atom. The lowest BCUT2D eigenvalue weighted by Gasteiger charge is -2.02. The summed E-state index contributed by atoms with van der Waals surface area (Å²) in [4.78, 5) is 11.6. The highest BCUT2D eigenvalue weighted by Gasteiger charge is 2.03. The summed E-state index contributed by atoms with van der Waals surface area (Å²) in [5.74, 6) is 0.0399. The second-order valence-electron chi connectivity index (χ2n) is 6.65. The smallest absolute Gasteiger partial charge is 0.178 e. The van der Waals surface area contributed by atoms with Crippen molar-refractivity contribution >= 4 is 5.78 Å². The Balaban J connectivity index is 3.29. The maximum Gasteiger partial charge on any atom is 0.178 e. The van der Waals surface area contributed by atoms with Gasteiger partial charge in [0, 0.05) is 13.0 Å². The third-order valence-corrected chi connectivity index (χ3v) is 4.33. The van der Waals surface area contributed by atoms with Crippen molar-refractivity contribution in [3.05, 3.63) is 23.9 Å². The molecule has 3 nitrogen and oxygen atoms in total. The third kappa shape index (κ3) is 15.8. The van der Waals surface area contributed by atoms with Gasteiger partial charge in [0.15, 0.2) is 5.78 Å². The molecule has 0 heterocycles. The summed E-state index contributed by atoms with van der Waals surface area (Å²) in [6.45, 7) is 2.60. The van der Waals surface area contributed by atoms with Gasteiger partial charge in [0.1, 0.15) is 0 Å². The van der Waals surface area contributed by atoms with Gasteiger partial charge in [0.2, 0.25) is 0 Å². The van der Waals surface area contributed by atoms with Crippen LogP contribution in [0.5, 0.6) is 0 Å². The number of Topliss-reactive ketones (excluding diaryl/α,β-unsaturated/α-hetero) is 1. The standard InChI is InChI=1S/C21H40N2O/c1-2-3-4-5-6-7-8-9-10-11-12-13-14-15-16-17-21(24)20(23)18-19-22/h9-10,18H,2-8,11-17,19,22-23H2,1H3. The molecule has 0 fully saturated rings. The van der Waals surface area contributed by atoms with Gasteiger partial charge < -0.3 is 11.5 Å². The SMILES string of the molecule is CCCCCCCCC=CCCCCCCCC(=O)C(N)=CCN. The Hall–Kier alpha value is -1.09. The second kappa shape index (κ2) is 18.3. The molecule has 0 atom stereocenters. The topological polar surface area (TPSA) is 69.1 Å². The van der Waals surface area contributed by atoms with Crippen LogP contribution in [0.2, 0.25) is 0 Å². The van der Waals surface area contributed by atoms with Gasteiger partial charge in [0.25, 0.3) is 0 Å². The predicted molar refractivity (Wildman–Crippen MR) is 106 cm³/mol. The molecule has 0 aliphatic rings. The molecule has 0 amide bonds. The minimum Gasteiger partial charge on any atom is -0.396 e. The van der Waals surface area contributed by atoms with Crippen LogP contribution in [-0.4, -0.2) is 12.3 Å². The maximum atomic E-state index is 11.6. The molecule has 0 unspecified atom stereocenters. The van der Waals surface area contributed by atoms with Crippen LogP contribution in [0.1, 0.15) is 96.8 Å². The fraction of sp³-hybridized carbons (Fsp3) is 0.762. The minimum atomic E-state index is 0.0399. The van der Waals surface area contributed by atoms with E-state index in [0.29, 0.717) is 18.7 Å². The highest BCUT2D eigenvalue weighted by atomic mass is 16.1. The zero-order valence-electron chi connectivity index (χ0n) is 15.9. The number of ketones is 1. The van der Waals surface area contributed by atoms with Gasteiger partial charge in [-0.3, -0.25) is 4.79 Å². The van der Waals surface area contributed by atoms with Gasteiger partial charge in [-0.25, -0.2) is 0 Å². The first kappa shape index (κ1) is 22.9. The summed E-state index contributed by atoms with van der Waals surface area (Å²) in [5.41, 5.74) is 11.3. The van der Waals surface area contributed by atoms with Crippen LogP contribution in [0.15, 0.2) is 23.9 Å². The molecule has 0 radical (unpaired) electrons. The van der Waals surface area contributed by atoms with E-state index in [1.54, 1.807) is 6.08 Å². The number of carbonyl (C=O) groups is 1. The monoisotopic (exact) mass is 336 g/mol. The Bertz CT molecular complexity index is 348. The van der Waals surface area contributed by atoms with Crippen LogP contribution in [0.3, 0.4) is 0 Å². The molecule has 0 aliphatic heterocycles. The normalized spacial score (nSPS) is 12.2. The summed E-state index contributed by atoms with van der Waals surface area (Å²) < 4.78 is 0. The summed E-state index contributed by atoms with van der Waals surface area (Å²) >= 11 is 0. The number of hydrogen-bond acceptors (Lipinski definition) is 3. The van der Waals surface area contributed by atoms with Gasteiger partial charge in [0.05, 0.1) is 5.70 Å². The van der Waals surface area contributed by atoms with Crippen LogP contribution in [0.4, 0.5) is 0 Å². The Kier molecular flexibility index (Phi) is 17.4. The molecule has 0 aromatic carbocycles. The van der Waals surface area contributed by atoms with Crippen molar-refractivity contribution in [3.8, 4) is 0 Å². The number of unbranched alkanes of at least 4 members (excludes halogenated alkanes) is 11. The summed E-state index contributed by atoms with van der Waals surface area (Å²) in [5, 5.41) is 0. The lowest BCUT2D eigenvalue weighted by atomic mass is 10.1. The molecule has 0 aromatic heterocycles. The van der Waals surface area contributed by atoms with Crippen molar-refractivity contribution in [1.29, 1.82) is 0 Å². The summed E-state index contributed by atoms with van der Waals surface area (Å²) in [6.07, 6.45) is 23.3. The molecule has 0 aliphatic carbocycles. The van der Waals surface area contributed by atoms with Gasteiger partial charge >= 0.3 is 0 Å². The average molecular weight is 337 g/mol. The lowest BCUT2D eigenvalue weighted by molar-refractivity contribution is -0.115. The fourth-order valence-electron chi connectivity index (χ4n) is 2.74. The molecule has 0 bridgehead atoms. The van der Waals surface area contributed by atoms with E-state index in [0.717, 1.165) is 12.8 Å². The molecule has 4 N–H and O–H groups in total. The fourth-order valence-corrected chi connectivity index (χ4v) is 2.74. The van der Waals surface area contributed by atoms with Gasteiger partial charge in [-0.05, 0) is 38.2 Å². The van der Waals surface area contributed by atoms with Crippen molar-refractivity contribution in [2.75, 3.05) is 6.54 Å². The van der Waals surface area contributed by atoms with E-state index >= 15 is 0 Å². The van der Waals surface area contributed by atoms with Crippen molar-refractivity contribution in [2.45, 2.75) is 96.8 Å². The number of allylic oxidation sites excluding steroid dienone is 3. The van der Waals surface area contributed by atoms with Crippen LogP contribution in [-0.2, 0) is 4.79 Å². The number of nitrogens with two attached hydrogens (primary N) is 2. The first-order chi connectivity index (χ1) is 11.7. The minimum absolute atomic E-state index is 0.0399. The van der Waals surface area contributed by atoms with Crippen molar-refractivity contribution in [2.24, 2.45) is 11.5 Å². The van der Waals surface area contributed by atoms with E-state index < -0.39 is 0 Å². The van der Waals surface area contributed by atoms with E-state index in [-0.39, 0.29) is 5.78 Å². The third-order valence-electron chi connectivity index (χ3n) is 4.33. The molecule has 0 spiro atoms. The van der Waals surface area contributed by atoms with E-state index in [1.165, 1.54) is 70.6 Å². The summed E-state index contributed by atoms with van der Waals surface area (Å²) in [7, 11) is 0.